The summed E-state index contributed by atoms with van der Waals surface area (Å²) in [5, 5.41) is 3.17. The van der Waals surface area contributed by atoms with Gasteiger partial charge in [-0.25, -0.2) is 9.66 Å². The molecule has 0 aliphatic carbocycles. The third kappa shape index (κ3) is 4.39. The van der Waals surface area contributed by atoms with Crippen LogP contribution < -0.4 is 16.3 Å². The van der Waals surface area contributed by atoms with E-state index in [1.54, 1.807) is 24.3 Å². The van der Waals surface area contributed by atoms with Crippen molar-refractivity contribution in [2.45, 2.75) is 20.3 Å². The average molecular weight is 433 g/mol. The Labute approximate surface area is 182 Å². The second kappa shape index (κ2) is 8.53. The van der Waals surface area contributed by atoms with Crippen molar-refractivity contribution >= 4 is 39.1 Å². The van der Waals surface area contributed by atoms with E-state index in [1.165, 1.54) is 24.6 Å². The fraction of sp³-hybridized carbons (Fsp3) is 0.130. The summed E-state index contributed by atoms with van der Waals surface area (Å²) in [6.45, 7) is 3.39. The molecule has 0 aliphatic heterocycles. The van der Waals surface area contributed by atoms with Crippen molar-refractivity contribution < 1.29 is 9.59 Å². The fourth-order valence-electron chi connectivity index (χ4n) is 3.40. The van der Waals surface area contributed by atoms with Crippen molar-refractivity contribution in [3.05, 3.63) is 81.7 Å². The molecule has 0 radical (unpaired) electrons. The first-order valence-electron chi connectivity index (χ1n) is 9.65. The number of carbonyl (C=O) groups is 2. The minimum atomic E-state index is -0.344. The summed E-state index contributed by atoms with van der Waals surface area (Å²) in [5.41, 5.74) is 5.50. The first-order valence-corrected chi connectivity index (χ1v) is 10.5. The van der Waals surface area contributed by atoms with Crippen LogP contribution in [0.15, 0.2) is 65.7 Å². The quantitative estimate of drug-likeness (QED) is 0.503. The number of rotatable bonds is 5. The molecular weight excluding hydrogens is 412 g/mol. The van der Waals surface area contributed by atoms with E-state index in [1.807, 2.05) is 37.3 Å². The standard InChI is InChI=1S/C23H20N4O3S/c1-14-20(17-6-4-3-5-7-17)21-22(31-14)24-13-27(23(21)30)26-19(29)12-16-8-10-18(11-9-16)25-15(2)28/h3-11,13H,12H2,1-2H3,(H,25,28)(H,26,29). The fourth-order valence-corrected chi connectivity index (χ4v) is 4.41. The second-order valence-corrected chi connectivity index (χ2v) is 8.29. The number of hydrogen-bond acceptors (Lipinski definition) is 5. The smallest absolute Gasteiger partial charge is 0.281 e. The van der Waals surface area contributed by atoms with Crippen molar-refractivity contribution in [2.24, 2.45) is 0 Å². The molecule has 8 heteroatoms. The van der Waals surface area contributed by atoms with E-state index in [0.717, 1.165) is 26.2 Å². The monoisotopic (exact) mass is 432 g/mol. The lowest BCUT2D eigenvalue weighted by atomic mass is 10.0. The molecule has 0 bridgehead atoms. The van der Waals surface area contributed by atoms with Gasteiger partial charge in [-0.3, -0.25) is 19.8 Å². The molecule has 0 aliphatic rings. The molecule has 0 fully saturated rings. The summed E-state index contributed by atoms with van der Waals surface area (Å²) in [6, 6.07) is 16.6. The maximum absolute atomic E-state index is 13.1. The van der Waals surface area contributed by atoms with Gasteiger partial charge in [0.05, 0.1) is 11.8 Å². The molecule has 4 rings (SSSR count). The zero-order valence-electron chi connectivity index (χ0n) is 17.0. The Kier molecular flexibility index (Phi) is 5.64. The van der Waals surface area contributed by atoms with Gasteiger partial charge in [-0.15, -0.1) is 11.3 Å². The lowest BCUT2D eigenvalue weighted by Gasteiger charge is -2.09. The maximum Gasteiger partial charge on any atom is 0.281 e. The Balaban J connectivity index is 1.59. The van der Waals surface area contributed by atoms with Gasteiger partial charge in [0.25, 0.3) is 5.56 Å². The molecule has 4 aromatic rings. The van der Waals surface area contributed by atoms with Gasteiger partial charge in [-0.2, -0.15) is 0 Å². The molecule has 0 spiro atoms. The highest BCUT2D eigenvalue weighted by Crippen LogP contribution is 2.35. The number of nitrogens with one attached hydrogen (secondary N) is 2. The number of anilines is 1. The van der Waals surface area contributed by atoms with Gasteiger partial charge in [0, 0.05) is 23.1 Å². The van der Waals surface area contributed by atoms with Crippen molar-refractivity contribution in [1.82, 2.24) is 9.66 Å². The largest absolute Gasteiger partial charge is 0.326 e. The van der Waals surface area contributed by atoms with Gasteiger partial charge in [-0.1, -0.05) is 42.5 Å². The zero-order chi connectivity index (χ0) is 22.0. The number of thiophene rings is 1. The summed E-state index contributed by atoms with van der Waals surface area (Å²) < 4.78 is 1.13. The van der Waals surface area contributed by atoms with Crippen LogP contribution in [0.25, 0.3) is 21.3 Å². The lowest BCUT2D eigenvalue weighted by molar-refractivity contribution is -0.116. The Morgan fingerprint density at radius 2 is 1.77 bits per heavy atom. The summed E-state index contributed by atoms with van der Waals surface area (Å²) >= 11 is 1.46. The SMILES string of the molecule is CC(=O)Nc1ccc(CC(=O)Nn2cnc3sc(C)c(-c4ccccc4)c3c2=O)cc1. The summed E-state index contributed by atoms with van der Waals surface area (Å²) in [4.78, 5) is 42.8. The van der Waals surface area contributed by atoms with E-state index in [4.69, 9.17) is 0 Å². The first kappa shape index (κ1) is 20.5. The highest BCUT2D eigenvalue weighted by atomic mass is 32.1. The molecule has 0 unspecified atom stereocenters. The van der Waals surface area contributed by atoms with Gasteiger partial charge in [0.1, 0.15) is 11.2 Å². The van der Waals surface area contributed by atoms with E-state index in [-0.39, 0.29) is 23.8 Å². The number of amides is 2. The average Bonchev–Trinajstić information content (AvgIpc) is 3.08. The number of carbonyl (C=O) groups excluding carboxylic acids is 2. The van der Waals surface area contributed by atoms with Crippen LogP contribution in [0.4, 0.5) is 5.69 Å². The Bertz CT molecular complexity index is 1320. The predicted octanol–water partition coefficient (Wildman–Crippen LogP) is 3.70. The van der Waals surface area contributed by atoms with E-state index in [9.17, 15) is 14.4 Å². The number of hydrogen-bond donors (Lipinski definition) is 2. The maximum atomic E-state index is 13.1. The third-order valence-electron chi connectivity index (χ3n) is 4.74. The number of aromatic nitrogens is 2. The molecule has 7 nitrogen and oxygen atoms in total. The minimum absolute atomic E-state index is 0.0824. The van der Waals surface area contributed by atoms with E-state index in [2.05, 4.69) is 15.7 Å². The summed E-state index contributed by atoms with van der Waals surface area (Å²) in [5.74, 6) is -0.505. The van der Waals surface area contributed by atoms with Crippen molar-refractivity contribution in [3.63, 3.8) is 0 Å². The molecule has 0 saturated heterocycles. The van der Waals surface area contributed by atoms with Crippen LogP contribution in [0, 0.1) is 6.92 Å². The molecule has 0 atom stereocenters. The Morgan fingerprint density at radius 3 is 2.45 bits per heavy atom. The van der Waals surface area contributed by atoms with Gasteiger partial charge in [0.2, 0.25) is 11.8 Å². The Hall–Kier alpha value is -3.78. The van der Waals surface area contributed by atoms with Gasteiger partial charge in [0.15, 0.2) is 0 Å². The minimum Gasteiger partial charge on any atom is -0.326 e. The van der Waals surface area contributed by atoms with E-state index >= 15 is 0 Å². The summed E-state index contributed by atoms with van der Waals surface area (Å²) in [6.07, 6.45) is 1.42. The Morgan fingerprint density at radius 1 is 1.06 bits per heavy atom. The van der Waals surface area contributed by atoms with Crippen LogP contribution >= 0.6 is 11.3 Å². The van der Waals surface area contributed by atoms with Crippen molar-refractivity contribution in [1.29, 1.82) is 0 Å². The molecule has 2 aromatic heterocycles. The summed E-state index contributed by atoms with van der Waals surface area (Å²) in [7, 11) is 0. The van der Waals surface area contributed by atoms with Gasteiger partial charge in [-0.05, 0) is 30.2 Å². The van der Waals surface area contributed by atoms with Crippen LogP contribution in [0.3, 0.4) is 0 Å². The zero-order valence-corrected chi connectivity index (χ0v) is 17.8. The highest BCUT2D eigenvalue weighted by Gasteiger charge is 2.17. The molecule has 2 aromatic carbocycles. The van der Waals surface area contributed by atoms with Crippen LogP contribution in [-0.2, 0) is 16.0 Å². The van der Waals surface area contributed by atoms with Crippen LogP contribution in [-0.4, -0.2) is 21.5 Å². The highest BCUT2D eigenvalue weighted by molar-refractivity contribution is 7.19. The molecular formula is C23H20N4O3S. The van der Waals surface area contributed by atoms with Gasteiger partial charge >= 0.3 is 0 Å². The lowest BCUT2D eigenvalue weighted by Crippen LogP contribution is -2.34. The molecule has 156 valence electrons. The second-order valence-electron chi connectivity index (χ2n) is 7.09. The molecule has 2 N–H and O–H groups in total. The molecule has 2 amide bonds. The molecule has 2 heterocycles. The van der Waals surface area contributed by atoms with Crippen molar-refractivity contribution in [2.75, 3.05) is 10.7 Å². The number of nitrogens with zero attached hydrogens (tertiary/aromatic N) is 2. The number of fused-ring (bicyclic) bond motifs is 1. The number of benzene rings is 2. The van der Waals surface area contributed by atoms with E-state index < -0.39 is 0 Å². The van der Waals surface area contributed by atoms with Crippen LogP contribution in [0.5, 0.6) is 0 Å². The van der Waals surface area contributed by atoms with E-state index in [0.29, 0.717) is 15.9 Å². The van der Waals surface area contributed by atoms with Crippen LogP contribution in [0.2, 0.25) is 0 Å². The van der Waals surface area contributed by atoms with Crippen molar-refractivity contribution in [3.8, 4) is 11.1 Å². The van der Waals surface area contributed by atoms with Gasteiger partial charge < -0.3 is 5.32 Å². The molecule has 31 heavy (non-hydrogen) atoms. The normalized spacial score (nSPS) is 10.8. The first-order chi connectivity index (χ1) is 14.9. The molecule has 0 saturated carbocycles. The predicted molar refractivity (Wildman–Crippen MR) is 123 cm³/mol. The van der Waals surface area contributed by atoms with Crippen LogP contribution in [0.1, 0.15) is 17.4 Å². The third-order valence-corrected chi connectivity index (χ3v) is 5.75. The topological polar surface area (TPSA) is 93.1 Å². The number of aryl methyl sites for hydroxylation is 1.